The summed E-state index contributed by atoms with van der Waals surface area (Å²) in [4.78, 5) is 22.9. The Morgan fingerprint density at radius 2 is 2.42 bits per heavy atom. The van der Waals surface area contributed by atoms with Gasteiger partial charge in [0.25, 0.3) is 5.24 Å². The zero-order valence-corrected chi connectivity index (χ0v) is 12.9. The van der Waals surface area contributed by atoms with Crippen LogP contribution in [0.3, 0.4) is 0 Å². The minimum absolute atomic E-state index is 0.0318. The maximum Gasteiger partial charge on any atom is 0.279 e. The second-order valence-corrected chi connectivity index (χ2v) is 6.45. The number of carbonyl (C=O) groups is 2. The molecule has 0 aliphatic carbocycles. The van der Waals surface area contributed by atoms with E-state index in [1.165, 1.54) is 0 Å². The first-order valence-corrected chi connectivity index (χ1v) is 7.80. The number of benzene rings is 1. The van der Waals surface area contributed by atoms with Crippen LogP contribution in [0.4, 0.5) is 4.79 Å². The van der Waals surface area contributed by atoms with Gasteiger partial charge in [-0.15, -0.1) is 0 Å². The largest absolute Gasteiger partial charge is 0.352 e. The minimum atomic E-state index is -0.401. The van der Waals surface area contributed by atoms with E-state index < -0.39 is 6.04 Å². The fourth-order valence-corrected chi connectivity index (χ4v) is 3.16. The summed E-state index contributed by atoms with van der Waals surface area (Å²) in [6.45, 7) is 1.96. The van der Waals surface area contributed by atoms with E-state index >= 15 is 0 Å². The van der Waals surface area contributed by atoms with Crippen LogP contribution < -0.4 is 10.6 Å². The van der Waals surface area contributed by atoms with E-state index in [4.69, 9.17) is 0 Å². The molecule has 2 atom stereocenters. The van der Waals surface area contributed by atoms with E-state index in [0.717, 1.165) is 28.2 Å². The van der Waals surface area contributed by atoms with E-state index in [1.807, 2.05) is 31.2 Å². The summed E-state index contributed by atoms with van der Waals surface area (Å²) in [7, 11) is 0. The Morgan fingerprint density at radius 1 is 1.63 bits per heavy atom. The van der Waals surface area contributed by atoms with Crippen molar-refractivity contribution in [1.82, 2.24) is 10.6 Å². The van der Waals surface area contributed by atoms with Gasteiger partial charge in [0.05, 0.1) is 0 Å². The van der Waals surface area contributed by atoms with Gasteiger partial charge in [0, 0.05) is 16.3 Å². The molecule has 0 spiro atoms. The normalized spacial score (nSPS) is 19.9. The Kier molecular flexibility index (Phi) is 4.87. The van der Waals surface area contributed by atoms with Crippen LogP contribution >= 0.6 is 27.7 Å². The molecule has 102 valence electrons. The standard InChI is InChI=1S/C13H15BrN2O2S/c1-8(5-9-3-2-4-10(14)6-9)15-12(17)11-7-19-13(18)16-11/h2-4,6,8,11H,5,7H2,1H3,(H,15,17)(H,16,18). The average molecular weight is 343 g/mol. The molecule has 2 unspecified atom stereocenters. The van der Waals surface area contributed by atoms with Gasteiger partial charge in [-0.1, -0.05) is 39.8 Å². The summed E-state index contributed by atoms with van der Waals surface area (Å²) >= 11 is 4.58. The third-order valence-electron chi connectivity index (χ3n) is 2.81. The van der Waals surface area contributed by atoms with Crippen molar-refractivity contribution in [1.29, 1.82) is 0 Å². The topological polar surface area (TPSA) is 58.2 Å². The van der Waals surface area contributed by atoms with Gasteiger partial charge in [-0.3, -0.25) is 9.59 Å². The summed E-state index contributed by atoms with van der Waals surface area (Å²) in [6.07, 6.45) is 0.763. The smallest absolute Gasteiger partial charge is 0.279 e. The van der Waals surface area contributed by atoms with Crippen LogP contribution in [-0.2, 0) is 11.2 Å². The highest BCUT2D eigenvalue weighted by Crippen LogP contribution is 2.15. The highest BCUT2D eigenvalue weighted by Gasteiger charge is 2.28. The lowest BCUT2D eigenvalue weighted by molar-refractivity contribution is -0.122. The van der Waals surface area contributed by atoms with Crippen molar-refractivity contribution in [2.24, 2.45) is 0 Å². The average Bonchev–Trinajstić information content (AvgIpc) is 2.75. The Morgan fingerprint density at radius 3 is 3.05 bits per heavy atom. The van der Waals surface area contributed by atoms with Gasteiger partial charge in [0.15, 0.2) is 0 Å². The van der Waals surface area contributed by atoms with Gasteiger partial charge in [-0.2, -0.15) is 0 Å². The van der Waals surface area contributed by atoms with E-state index in [0.29, 0.717) is 5.75 Å². The molecule has 1 fully saturated rings. The second-order valence-electron chi connectivity index (χ2n) is 4.54. The number of carbonyl (C=O) groups excluding carboxylic acids is 2. The van der Waals surface area contributed by atoms with Crippen LogP contribution in [0.1, 0.15) is 12.5 Å². The van der Waals surface area contributed by atoms with Crippen LogP contribution in [0.2, 0.25) is 0 Å². The van der Waals surface area contributed by atoms with Crippen molar-refractivity contribution >= 4 is 38.8 Å². The highest BCUT2D eigenvalue weighted by atomic mass is 79.9. The number of hydrogen-bond acceptors (Lipinski definition) is 3. The van der Waals surface area contributed by atoms with Gasteiger partial charge in [-0.25, -0.2) is 0 Å². The summed E-state index contributed by atoms with van der Waals surface area (Å²) in [5, 5.41) is 5.44. The molecule has 0 saturated carbocycles. The molecule has 1 saturated heterocycles. The number of amides is 2. The summed E-state index contributed by atoms with van der Waals surface area (Å²) < 4.78 is 1.03. The predicted molar refractivity (Wildman–Crippen MR) is 80.2 cm³/mol. The van der Waals surface area contributed by atoms with Crippen LogP contribution in [0.15, 0.2) is 28.7 Å². The van der Waals surface area contributed by atoms with Crippen molar-refractivity contribution in [2.75, 3.05) is 5.75 Å². The molecule has 2 rings (SSSR count). The first-order chi connectivity index (χ1) is 9.04. The highest BCUT2D eigenvalue weighted by molar-refractivity contribution is 9.10. The summed E-state index contributed by atoms with van der Waals surface area (Å²) in [6, 6.07) is 7.64. The maximum absolute atomic E-state index is 11.9. The molecule has 0 aromatic heterocycles. The first kappa shape index (κ1) is 14.4. The lowest BCUT2D eigenvalue weighted by atomic mass is 10.1. The predicted octanol–water partition coefficient (Wildman–Crippen LogP) is 2.32. The van der Waals surface area contributed by atoms with Crippen molar-refractivity contribution in [2.45, 2.75) is 25.4 Å². The Balaban J connectivity index is 1.85. The van der Waals surface area contributed by atoms with Crippen LogP contribution in [0, 0.1) is 0 Å². The molecule has 4 nitrogen and oxygen atoms in total. The molecule has 6 heteroatoms. The monoisotopic (exact) mass is 342 g/mol. The molecule has 1 aromatic carbocycles. The molecule has 2 N–H and O–H groups in total. The molecule has 1 aromatic rings. The summed E-state index contributed by atoms with van der Waals surface area (Å²) in [5.41, 5.74) is 1.16. The van der Waals surface area contributed by atoms with Crippen molar-refractivity contribution in [3.05, 3.63) is 34.3 Å². The van der Waals surface area contributed by atoms with Crippen LogP contribution in [-0.4, -0.2) is 29.0 Å². The Labute approximate surface area is 124 Å². The molecule has 1 heterocycles. The van der Waals surface area contributed by atoms with E-state index in [1.54, 1.807) is 0 Å². The van der Waals surface area contributed by atoms with Gasteiger partial charge in [0.1, 0.15) is 6.04 Å². The molecule has 1 aliphatic heterocycles. The van der Waals surface area contributed by atoms with Crippen molar-refractivity contribution in [3.63, 3.8) is 0 Å². The maximum atomic E-state index is 11.9. The molecule has 2 amide bonds. The van der Waals surface area contributed by atoms with Crippen LogP contribution in [0.25, 0.3) is 0 Å². The van der Waals surface area contributed by atoms with E-state index in [2.05, 4.69) is 26.6 Å². The number of thioether (sulfide) groups is 1. The zero-order valence-electron chi connectivity index (χ0n) is 10.5. The molecule has 0 radical (unpaired) electrons. The molecule has 1 aliphatic rings. The van der Waals surface area contributed by atoms with E-state index in [-0.39, 0.29) is 17.2 Å². The van der Waals surface area contributed by atoms with Gasteiger partial charge < -0.3 is 10.6 Å². The molecular weight excluding hydrogens is 328 g/mol. The molecule has 19 heavy (non-hydrogen) atoms. The number of rotatable bonds is 4. The van der Waals surface area contributed by atoms with E-state index in [9.17, 15) is 9.59 Å². The van der Waals surface area contributed by atoms with Crippen molar-refractivity contribution in [3.8, 4) is 0 Å². The Bertz CT molecular complexity index is 495. The molecule has 0 bridgehead atoms. The number of nitrogens with one attached hydrogen (secondary N) is 2. The van der Waals surface area contributed by atoms with Gasteiger partial charge in [0.2, 0.25) is 5.91 Å². The van der Waals surface area contributed by atoms with Crippen molar-refractivity contribution < 1.29 is 9.59 Å². The fraction of sp³-hybridized carbons (Fsp3) is 0.385. The Hall–Kier alpha value is -1.01. The second kappa shape index (κ2) is 6.43. The van der Waals surface area contributed by atoms with Gasteiger partial charge >= 0.3 is 0 Å². The lowest BCUT2D eigenvalue weighted by Gasteiger charge is -2.17. The lowest BCUT2D eigenvalue weighted by Crippen LogP contribution is -2.46. The SMILES string of the molecule is CC(Cc1cccc(Br)c1)NC(=O)C1CSC(=O)N1. The molecular formula is C13H15BrN2O2S. The first-order valence-electron chi connectivity index (χ1n) is 6.02. The quantitative estimate of drug-likeness (QED) is 0.882. The third-order valence-corrected chi connectivity index (χ3v) is 4.18. The van der Waals surface area contributed by atoms with Gasteiger partial charge in [-0.05, 0) is 31.0 Å². The van der Waals surface area contributed by atoms with Crippen LogP contribution in [0.5, 0.6) is 0 Å². The number of halogens is 1. The number of hydrogen-bond donors (Lipinski definition) is 2. The fourth-order valence-electron chi connectivity index (χ4n) is 1.94. The third kappa shape index (κ3) is 4.24. The minimum Gasteiger partial charge on any atom is -0.352 e. The summed E-state index contributed by atoms with van der Waals surface area (Å²) in [5.74, 6) is 0.398. The zero-order chi connectivity index (χ0) is 13.8.